The van der Waals surface area contributed by atoms with Crippen LogP contribution in [0.3, 0.4) is 0 Å². The van der Waals surface area contributed by atoms with E-state index in [-0.39, 0.29) is 42.0 Å². The molecular weight excluding hydrogens is 652 g/mol. The van der Waals surface area contributed by atoms with E-state index in [4.69, 9.17) is 5.73 Å². The quantitative estimate of drug-likeness (QED) is 0.202. The number of likely N-dealkylation sites (N-methyl/N-ethyl adjacent to an activating group) is 1. The van der Waals surface area contributed by atoms with Crippen molar-refractivity contribution in [3.05, 3.63) is 136 Å². The minimum Gasteiger partial charge on any atom is -0.368 e. The third-order valence-corrected chi connectivity index (χ3v) is 9.00. The summed E-state index contributed by atoms with van der Waals surface area (Å²) in [6.45, 7) is 7.29. The van der Waals surface area contributed by atoms with Gasteiger partial charge < -0.3 is 25.8 Å². The highest BCUT2D eigenvalue weighted by molar-refractivity contribution is 6.06. The number of hydrogen-bond donors (Lipinski definition) is 2. The van der Waals surface area contributed by atoms with Crippen molar-refractivity contribution in [2.45, 2.75) is 45.2 Å². The lowest BCUT2D eigenvalue weighted by Gasteiger charge is -2.37. The Kier molecular flexibility index (Phi) is 11.0. The molecule has 0 fully saturated rings. The van der Waals surface area contributed by atoms with E-state index in [9.17, 15) is 28.0 Å². The number of primary amides is 1. The van der Waals surface area contributed by atoms with Crippen molar-refractivity contribution < 1.29 is 28.0 Å². The Morgan fingerprint density at radius 2 is 1.55 bits per heavy atom. The zero-order valence-electron chi connectivity index (χ0n) is 29.5. The smallest absolute Gasteiger partial charge is 0.261 e. The molecule has 1 aliphatic rings. The van der Waals surface area contributed by atoms with Crippen LogP contribution < -0.4 is 11.1 Å². The van der Waals surface area contributed by atoms with Crippen molar-refractivity contribution in [2.24, 2.45) is 5.73 Å². The maximum absolute atomic E-state index is 14.3. The van der Waals surface area contributed by atoms with Crippen LogP contribution in [0.4, 0.5) is 14.5 Å². The van der Waals surface area contributed by atoms with Gasteiger partial charge in [0.2, 0.25) is 5.91 Å². The van der Waals surface area contributed by atoms with E-state index in [2.05, 4.69) is 38.2 Å². The first-order valence-electron chi connectivity index (χ1n) is 16.7. The zero-order chi connectivity index (χ0) is 37.0. The van der Waals surface area contributed by atoms with Gasteiger partial charge >= 0.3 is 0 Å². The van der Waals surface area contributed by atoms with Gasteiger partial charge in [0.15, 0.2) is 0 Å². The minimum atomic E-state index is -0.991. The van der Waals surface area contributed by atoms with Gasteiger partial charge in [0.1, 0.15) is 17.2 Å². The van der Waals surface area contributed by atoms with Crippen LogP contribution in [0.25, 0.3) is 0 Å². The fraction of sp³-hybridized carbons (Fsp3) is 0.300. The van der Waals surface area contributed by atoms with Crippen molar-refractivity contribution in [3.63, 3.8) is 0 Å². The summed E-state index contributed by atoms with van der Waals surface area (Å²) in [5.41, 5.74) is 9.26. The number of fused-ring (bicyclic) bond motifs is 1. The van der Waals surface area contributed by atoms with Gasteiger partial charge in [-0.25, -0.2) is 8.78 Å². The van der Waals surface area contributed by atoms with Crippen LogP contribution in [0.1, 0.15) is 80.1 Å². The summed E-state index contributed by atoms with van der Waals surface area (Å²) in [4.78, 5) is 57.3. The summed E-state index contributed by atoms with van der Waals surface area (Å²) in [7, 11) is 3.75. The lowest BCUT2D eigenvalue weighted by molar-refractivity contribution is -0.118. The van der Waals surface area contributed by atoms with E-state index < -0.39 is 29.0 Å². The lowest BCUT2D eigenvalue weighted by atomic mass is 9.84. The van der Waals surface area contributed by atoms with Crippen LogP contribution in [-0.4, -0.2) is 72.1 Å². The molecule has 1 unspecified atom stereocenters. The first kappa shape index (κ1) is 36.9. The predicted octanol–water partition coefficient (Wildman–Crippen LogP) is 5.94. The summed E-state index contributed by atoms with van der Waals surface area (Å²) < 4.78 is 28.6. The van der Waals surface area contributed by atoms with E-state index in [1.165, 1.54) is 17.0 Å². The molecule has 0 saturated heterocycles. The maximum atomic E-state index is 14.3. The highest BCUT2D eigenvalue weighted by Crippen LogP contribution is 2.37. The van der Waals surface area contributed by atoms with Crippen molar-refractivity contribution >= 4 is 29.3 Å². The number of halogens is 2. The van der Waals surface area contributed by atoms with Crippen molar-refractivity contribution in [2.75, 3.05) is 39.0 Å². The maximum Gasteiger partial charge on any atom is 0.261 e. The van der Waals surface area contributed by atoms with E-state index in [1.54, 1.807) is 41.3 Å². The molecule has 51 heavy (non-hydrogen) atoms. The molecule has 1 heterocycles. The first-order valence-corrected chi connectivity index (χ1v) is 16.7. The van der Waals surface area contributed by atoms with E-state index in [0.717, 1.165) is 34.4 Å². The number of benzene rings is 4. The van der Waals surface area contributed by atoms with Crippen molar-refractivity contribution in [1.82, 2.24) is 14.7 Å². The third-order valence-electron chi connectivity index (χ3n) is 9.00. The summed E-state index contributed by atoms with van der Waals surface area (Å²) >= 11 is 0. The number of rotatable bonds is 11. The molecule has 11 heteroatoms. The number of nitrogens with two attached hydrogens (primary N) is 1. The van der Waals surface area contributed by atoms with Crippen molar-refractivity contribution in [3.8, 4) is 0 Å². The second-order valence-electron chi connectivity index (χ2n) is 14.1. The highest BCUT2D eigenvalue weighted by Gasteiger charge is 2.34. The van der Waals surface area contributed by atoms with Crippen LogP contribution in [0.5, 0.6) is 0 Å². The zero-order valence-corrected chi connectivity index (χ0v) is 29.5. The molecule has 0 aliphatic carbocycles. The van der Waals surface area contributed by atoms with Crippen LogP contribution in [0.2, 0.25) is 0 Å². The Morgan fingerprint density at radius 3 is 2.14 bits per heavy atom. The topological polar surface area (TPSA) is 116 Å². The van der Waals surface area contributed by atoms with Gasteiger partial charge in [-0.05, 0) is 84.6 Å². The molecule has 4 amide bonds. The van der Waals surface area contributed by atoms with Gasteiger partial charge in [0, 0.05) is 36.4 Å². The molecule has 1 atom stereocenters. The van der Waals surface area contributed by atoms with Crippen LogP contribution >= 0.6 is 0 Å². The molecule has 0 spiro atoms. The summed E-state index contributed by atoms with van der Waals surface area (Å²) in [6, 6.07) is 22.9. The molecule has 3 N–H and O–H groups in total. The average molecular weight is 696 g/mol. The second kappa shape index (κ2) is 15.2. The Balaban J connectivity index is 1.44. The second-order valence-corrected chi connectivity index (χ2v) is 14.1. The lowest BCUT2D eigenvalue weighted by Crippen LogP contribution is -2.42. The SMILES string of the molecule is CN(C)CCN(CC(N)=O)C(=O)c1ccc(CN2C(=O)c3cc(NC(=O)c4c(F)cccc4F)ccc3CC2c2ccc(C(C)(C)C)cc2)cc1. The number of nitrogens with one attached hydrogen (secondary N) is 1. The molecular formula is C40H43F2N5O4. The Labute approximate surface area is 297 Å². The number of nitrogens with zero attached hydrogens (tertiary/aromatic N) is 3. The number of anilines is 1. The van der Waals surface area contributed by atoms with E-state index in [1.807, 2.05) is 31.1 Å². The largest absolute Gasteiger partial charge is 0.368 e. The van der Waals surface area contributed by atoms with Gasteiger partial charge in [0.05, 0.1) is 12.6 Å². The van der Waals surface area contributed by atoms with Gasteiger partial charge in [-0.2, -0.15) is 0 Å². The monoisotopic (exact) mass is 695 g/mol. The van der Waals surface area contributed by atoms with Crippen molar-refractivity contribution in [1.29, 1.82) is 0 Å². The predicted molar refractivity (Wildman–Crippen MR) is 192 cm³/mol. The molecule has 4 aromatic rings. The first-order chi connectivity index (χ1) is 24.1. The molecule has 0 bridgehead atoms. The number of amides is 4. The number of hydrogen-bond acceptors (Lipinski definition) is 5. The number of carbonyl (C=O) groups excluding carboxylic acids is 4. The summed E-state index contributed by atoms with van der Waals surface area (Å²) in [5.74, 6) is -4.16. The van der Waals surface area contributed by atoms with Crippen LogP contribution in [0.15, 0.2) is 84.9 Å². The Morgan fingerprint density at radius 1 is 0.902 bits per heavy atom. The molecule has 0 aromatic heterocycles. The van der Waals surface area contributed by atoms with Crippen LogP contribution in [-0.2, 0) is 23.2 Å². The molecule has 1 aliphatic heterocycles. The normalized spacial score (nSPS) is 14.3. The molecule has 9 nitrogen and oxygen atoms in total. The Hall–Kier alpha value is -5.42. The fourth-order valence-electron chi connectivity index (χ4n) is 6.13. The minimum absolute atomic E-state index is 0.0573. The standard InChI is InChI=1S/C40H43F2N5O4/c1-40(2,3)29-16-13-26(14-17-29)34-21-28-15-18-30(44-37(49)36-32(41)7-6-8-33(36)42)22-31(28)39(51)47(34)23-25-9-11-27(12-10-25)38(50)46(24-35(43)48)20-19-45(4)5/h6-18,22,34H,19-21,23-24H2,1-5H3,(H2,43,48)(H,44,49). The molecule has 0 radical (unpaired) electrons. The molecule has 266 valence electrons. The van der Waals surface area contributed by atoms with E-state index in [0.29, 0.717) is 30.6 Å². The van der Waals surface area contributed by atoms with Gasteiger partial charge in [0.25, 0.3) is 17.7 Å². The fourth-order valence-corrected chi connectivity index (χ4v) is 6.13. The summed E-state index contributed by atoms with van der Waals surface area (Å²) in [6.07, 6.45) is 0.483. The van der Waals surface area contributed by atoms with Gasteiger partial charge in [-0.1, -0.05) is 69.3 Å². The average Bonchev–Trinajstić information content (AvgIpc) is 3.07. The highest BCUT2D eigenvalue weighted by atomic mass is 19.1. The molecule has 0 saturated carbocycles. The third kappa shape index (κ3) is 8.67. The molecule has 5 rings (SSSR count). The molecule has 4 aromatic carbocycles. The van der Waals surface area contributed by atoms with E-state index >= 15 is 0 Å². The summed E-state index contributed by atoms with van der Waals surface area (Å²) in [5, 5.41) is 2.53. The van der Waals surface area contributed by atoms with Crippen LogP contribution in [0, 0.1) is 11.6 Å². The number of carbonyl (C=O) groups is 4. The van der Waals surface area contributed by atoms with Gasteiger partial charge in [-0.3, -0.25) is 19.2 Å². The Bertz CT molecular complexity index is 1920. The van der Waals surface area contributed by atoms with Gasteiger partial charge in [-0.15, -0.1) is 0 Å².